The second-order valence-electron chi connectivity index (χ2n) is 5.43. The highest BCUT2D eigenvalue weighted by molar-refractivity contribution is 5.83. The maximum atomic E-state index is 12.4. The van der Waals surface area contributed by atoms with Crippen molar-refractivity contribution in [2.45, 2.75) is 38.8 Å². The van der Waals surface area contributed by atoms with E-state index in [1.165, 1.54) is 9.80 Å². The first-order chi connectivity index (χ1) is 9.36. The van der Waals surface area contributed by atoms with Crippen LogP contribution in [0.15, 0.2) is 0 Å². The van der Waals surface area contributed by atoms with Gasteiger partial charge in [0.1, 0.15) is 6.04 Å². The van der Waals surface area contributed by atoms with E-state index in [9.17, 15) is 14.7 Å². The van der Waals surface area contributed by atoms with Crippen molar-refractivity contribution in [2.75, 3.05) is 19.6 Å². The van der Waals surface area contributed by atoms with Gasteiger partial charge in [0.15, 0.2) is 0 Å². The summed E-state index contributed by atoms with van der Waals surface area (Å²) in [5.74, 6) is -0.895. The number of nitriles is 1. The van der Waals surface area contributed by atoms with Crippen molar-refractivity contribution in [3.05, 3.63) is 0 Å². The predicted molar refractivity (Wildman–Crippen MR) is 70.8 cm³/mol. The Morgan fingerprint density at radius 2 is 2.15 bits per heavy atom. The highest BCUT2D eigenvalue weighted by atomic mass is 16.4. The smallest absolute Gasteiger partial charge is 0.326 e. The van der Waals surface area contributed by atoms with Gasteiger partial charge >= 0.3 is 12.0 Å². The molecule has 0 spiro atoms. The summed E-state index contributed by atoms with van der Waals surface area (Å²) in [4.78, 5) is 26.2. The molecule has 2 N–H and O–H groups in total. The number of amides is 2. The molecule has 7 heteroatoms. The molecule has 1 heterocycles. The zero-order chi connectivity index (χ0) is 15.3. The fraction of sp³-hybridized carbons (Fsp3) is 0.769. The SMILES string of the molecule is CC(C)CN(CCC#N)C(=O)N1C[C@@H](O)C[C@H]1C(=O)O. The van der Waals surface area contributed by atoms with E-state index < -0.39 is 24.1 Å². The lowest BCUT2D eigenvalue weighted by atomic mass is 10.2. The van der Waals surface area contributed by atoms with Gasteiger partial charge in [0.2, 0.25) is 0 Å². The van der Waals surface area contributed by atoms with Crippen molar-refractivity contribution in [1.82, 2.24) is 9.80 Å². The average molecular weight is 283 g/mol. The molecule has 1 aliphatic rings. The molecule has 0 saturated carbocycles. The number of aliphatic carboxylic acids is 1. The minimum absolute atomic E-state index is 0.0248. The number of hydrogen-bond donors (Lipinski definition) is 2. The summed E-state index contributed by atoms with van der Waals surface area (Å²) in [6, 6.07) is 0.571. The van der Waals surface area contributed by atoms with Crippen LogP contribution < -0.4 is 0 Å². The average Bonchev–Trinajstić information content (AvgIpc) is 2.75. The summed E-state index contributed by atoms with van der Waals surface area (Å²) in [6.07, 6.45) is -0.557. The fourth-order valence-corrected chi connectivity index (χ4v) is 2.33. The van der Waals surface area contributed by atoms with Gasteiger partial charge in [-0.05, 0) is 5.92 Å². The monoisotopic (exact) mass is 283 g/mol. The first-order valence-corrected chi connectivity index (χ1v) is 6.70. The van der Waals surface area contributed by atoms with E-state index >= 15 is 0 Å². The van der Waals surface area contributed by atoms with Crippen molar-refractivity contribution < 1.29 is 19.8 Å². The second-order valence-corrected chi connectivity index (χ2v) is 5.43. The number of carbonyl (C=O) groups excluding carboxylic acids is 1. The highest BCUT2D eigenvalue weighted by Crippen LogP contribution is 2.20. The Labute approximate surface area is 118 Å². The Hall–Kier alpha value is -1.81. The number of β-amino-alcohol motifs (C(OH)–C–C–N with tert-alkyl or cyclic N) is 1. The van der Waals surface area contributed by atoms with Gasteiger partial charge in [-0.25, -0.2) is 9.59 Å². The molecule has 20 heavy (non-hydrogen) atoms. The molecule has 0 unspecified atom stereocenters. The number of urea groups is 1. The van der Waals surface area contributed by atoms with Crippen LogP contribution in [-0.2, 0) is 4.79 Å². The Balaban J connectivity index is 2.81. The molecule has 0 bridgehead atoms. The van der Waals surface area contributed by atoms with E-state index in [1.807, 2.05) is 19.9 Å². The molecule has 1 rings (SSSR count). The van der Waals surface area contributed by atoms with Gasteiger partial charge in [-0.1, -0.05) is 13.8 Å². The fourth-order valence-electron chi connectivity index (χ4n) is 2.33. The van der Waals surface area contributed by atoms with Crippen LogP contribution >= 0.6 is 0 Å². The van der Waals surface area contributed by atoms with Gasteiger partial charge in [0.05, 0.1) is 18.6 Å². The van der Waals surface area contributed by atoms with Gasteiger partial charge in [0.25, 0.3) is 0 Å². The third-order valence-corrected chi connectivity index (χ3v) is 3.16. The summed E-state index contributed by atoms with van der Waals surface area (Å²) in [5.41, 5.74) is 0. The van der Waals surface area contributed by atoms with Gasteiger partial charge in [-0.2, -0.15) is 5.26 Å². The van der Waals surface area contributed by atoms with Crippen LogP contribution in [-0.4, -0.2) is 63.8 Å². The van der Waals surface area contributed by atoms with E-state index in [4.69, 9.17) is 10.4 Å². The van der Waals surface area contributed by atoms with Gasteiger partial charge < -0.3 is 20.0 Å². The first-order valence-electron chi connectivity index (χ1n) is 6.70. The van der Waals surface area contributed by atoms with Gasteiger partial charge in [-0.15, -0.1) is 0 Å². The summed E-state index contributed by atoms with van der Waals surface area (Å²) in [5, 5.41) is 27.3. The maximum absolute atomic E-state index is 12.4. The minimum atomic E-state index is -1.11. The van der Waals surface area contributed by atoms with Gasteiger partial charge in [-0.3, -0.25) is 0 Å². The van der Waals surface area contributed by atoms with E-state index in [0.29, 0.717) is 6.54 Å². The molecule has 0 aromatic heterocycles. The summed E-state index contributed by atoms with van der Waals surface area (Å²) >= 11 is 0. The standard InChI is InChI=1S/C13H21N3O4/c1-9(2)7-15(5-3-4-14)13(20)16-8-10(17)6-11(16)12(18)19/h9-11,17H,3,5-8H2,1-2H3,(H,18,19)/t10-,11-/m0/s1. The molecule has 0 radical (unpaired) electrons. The van der Waals surface area contributed by atoms with Crippen molar-refractivity contribution >= 4 is 12.0 Å². The lowest BCUT2D eigenvalue weighted by Gasteiger charge is -2.30. The van der Waals surface area contributed by atoms with E-state index in [1.54, 1.807) is 0 Å². The molecular formula is C13H21N3O4. The van der Waals surface area contributed by atoms with Crippen LogP contribution in [0.2, 0.25) is 0 Å². The van der Waals surface area contributed by atoms with E-state index in [0.717, 1.165) is 0 Å². The van der Waals surface area contributed by atoms with Crippen LogP contribution in [0.5, 0.6) is 0 Å². The quantitative estimate of drug-likeness (QED) is 0.764. The van der Waals surface area contributed by atoms with E-state index in [-0.39, 0.29) is 31.8 Å². The van der Waals surface area contributed by atoms with Crippen LogP contribution in [0.1, 0.15) is 26.7 Å². The first kappa shape index (κ1) is 16.2. The molecule has 1 fully saturated rings. The zero-order valence-electron chi connectivity index (χ0n) is 11.8. The number of carboxylic acids is 1. The lowest BCUT2D eigenvalue weighted by Crippen LogP contribution is -2.49. The Kier molecular flexibility index (Phi) is 5.77. The second kappa shape index (κ2) is 7.10. The number of carboxylic acid groups (broad SMARTS) is 1. The number of rotatable bonds is 5. The Bertz CT molecular complexity index is 405. The van der Waals surface area contributed by atoms with Crippen LogP contribution in [0.25, 0.3) is 0 Å². The summed E-state index contributed by atoms with van der Waals surface area (Å²) < 4.78 is 0. The van der Waals surface area contributed by atoms with Crippen LogP contribution in [0, 0.1) is 17.2 Å². The largest absolute Gasteiger partial charge is 0.480 e. The van der Waals surface area contributed by atoms with Crippen molar-refractivity contribution in [3.63, 3.8) is 0 Å². The number of nitrogens with zero attached hydrogens (tertiary/aromatic N) is 3. The molecule has 0 aromatic carbocycles. The van der Waals surface area contributed by atoms with Crippen molar-refractivity contribution in [2.24, 2.45) is 5.92 Å². The third-order valence-electron chi connectivity index (χ3n) is 3.16. The molecular weight excluding hydrogens is 262 g/mol. The molecule has 2 atom stereocenters. The van der Waals surface area contributed by atoms with Crippen LogP contribution in [0.3, 0.4) is 0 Å². The zero-order valence-corrected chi connectivity index (χ0v) is 11.8. The van der Waals surface area contributed by atoms with Crippen molar-refractivity contribution in [3.8, 4) is 6.07 Å². The number of aliphatic hydroxyl groups excluding tert-OH is 1. The molecule has 0 aliphatic carbocycles. The maximum Gasteiger partial charge on any atom is 0.326 e. The normalized spacial score (nSPS) is 21.9. The molecule has 112 valence electrons. The molecule has 1 saturated heterocycles. The third kappa shape index (κ3) is 4.10. The number of likely N-dealkylation sites (tertiary alicyclic amines) is 1. The van der Waals surface area contributed by atoms with Crippen LogP contribution in [0.4, 0.5) is 4.79 Å². The number of carbonyl (C=O) groups is 2. The topological polar surface area (TPSA) is 105 Å². The molecule has 7 nitrogen and oxygen atoms in total. The highest BCUT2D eigenvalue weighted by Gasteiger charge is 2.40. The molecule has 0 aromatic rings. The Morgan fingerprint density at radius 3 is 2.65 bits per heavy atom. The summed E-state index contributed by atoms with van der Waals surface area (Å²) in [7, 11) is 0. The minimum Gasteiger partial charge on any atom is -0.480 e. The lowest BCUT2D eigenvalue weighted by molar-refractivity contribution is -0.141. The number of aliphatic hydroxyl groups is 1. The van der Waals surface area contributed by atoms with Crippen molar-refractivity contribution in [1.29, 1.82) is 5.26 Å². The Morgan fingerprint density at radius 1 is 1.50 bits per heavy atom. The molecule has 2 amide bonds. The predicted octanol–water partition coefficient (Wildman–Crippen LogP) is 0.498. The molecule has 1 aliphatic heterocycles. The van der Waals surface area contributed by atoms with E-state index in [2.05, 4.69) is 0 Å². The van der Waals surface area contributed by atoms with Gasteiger partial charge in [0, 0.05) is 26.1 Å². The number of hydrogen-bond acceptors (Lipinski definition) is 4. The summed E-state index contributed by atoms with van der Waals surface area (Å²) in [6.45, 7) is 4.64.